The molecule has 1 unspecified atom stereocenters. The summed E-state index contributed by atoms with van der Waals surface area (Å²) >= 11 is 0. The van der Waals surface area contributed by atoms with Crippen molar-refractivity contribution in [2.24, 2.45) is 11.3 Å². The third-order valence-electron chi connectivity index (χ3n) is 16.0. The van der Waals surface area contributed by atoms with Crippen molar-refractivity contribution in [1.82, 2.24) is 0 Å². The van der Waals surface area contributed by atoms with E-state index in [0.29, 0.717) is 0 Å². The Kier molecular flexibility index (Phi) is 52.2. The molecule has 0 aromatic heterocycles. The van der Waals surface area contributed by atoms with E-state index in [9.17, 15) is 19.8 Å². The number of carbonyl (C=O) groups is 2. The van der Waals surface area contributed by atoms with Gasteiger partial charge in [0.2, 0.25) is 0 Å². The first-order chi connectivity index (χ1) is 35.1. The minimum absolute atomic E-state index is 0.0812. The molecule has 1 heterocycles. The summed E-state index contributed by atoms with van der Waals surface area (Å²) in [5, 5.41) is 19.2. The molecule has 1 aliphatic heterocycles. The van der Waals surface area contributed by atoms with Gasteiger partial charge in [0, 0.05) is 0 Å². The van der Waals surface area contributed by atoms with Gasteiger partial charge in [-0.15, -0.1) is 0 Å². The Balaban J connectivity index is 1.68. The number of cyclic esters (lactones) is 2. The van der Waals surface area contributed by atoms with Gasteiger partial charge in [-0.1, -0.05) is 347 Å². The highest BCUT2D eigenvalue weighted by Crippen LogP contribution is 2.24. The summed E-state index contributed by atoms with van der Waals surface area (Å²) in [4.78, 5) is 24.7. The zero-order valence-corrected chi connectivity index (χ0v) is 47.8. The Morgan fingerprint density at radius 3 is 0.831 bits per heavy atom. The molecule has 1 atom stereocenters. The third kappa shape index (κ3) is 46.8. The zero-order valence-electron chi connectivity index (χ0n) is 47.8. The second-order valence-electron chi connectivity index (χ2n) is 23.1. The lowest BCUT2D eigenvalue weighted by Crippen LogP contribution is -2.40. The maximum Gasteiger partial charge on any atom is 0.313 e. The van der Waals surface area contributed by atoms with Crippen LogP contribution in [0.2, 0.25) is 0 Å². The van der Waals surface area contributed by atoms with Crippen LogP contribution in [0.4, 0.5) is 0 Å². The first-order valence-electron chi connectivity index (χ1n) is 32.3. The number of ether oxygens (including phenoxy) is 2. The fraction of sp³-hybridized carbons (Fsp3) is 0.938. The molecule has 6 nitrogen and oxygen atoms in total. The van der Waals surface area contributed by atoms with Gasteiger partial charge in [-0.05, 0) is 12.8 Å². The summed E-state index contributed by atoms with van der Waals surface area (Å²) < 4.78 is 10.5. The number of rotatable bonds is 56. The summed E-state index contributed by atoms with van der Waals surface area (Å²) in [5.74, 6) is -1.71. The van der Waals surface area contributed by atoms with Gasteiger partial charge in [0.15, 0.2) is 0 Å². The lowest BCUT2D eigenvalue weighted by molar-refractivity contribution is -0.153. The van der Waals surface area contributed by atoms with Crippen LogP contribution in [0.15, 0.2) is 12.2 Å². The van der Waals surface area contributed by atoms with Gasteiger partial charge in [0.25, 0.3) is 0 Å². The molecule has 1 saturated heterocycles. The minimum Gasteiger partial charge on any atom is -0.465 e. The average Bonchev–Trinajstić information content (AvgIpc) is 3.44. The van der Waals surface area contributed by atoms with Gasteiger partial charge in [-0.3, -0.25) is 9.59 Å². The fourth-order valence-corrected chi connectivity index (χ4v) is 10.7. The Hall–Kier alpha value is -1.40. The number of aliphatic hydroxyl groups is 2. The zero-order chi connectivity index (χ0) is 51.1. The molecule has 1 rings (SSSR count). The van der Waals surface area contributed by atoms with Crippen LogP contribution in [-0.2, 0) is 19.1 Å². The molecule has 2 N–H and O–H groups in total. The predicted octanol–water partition coefficient (Wildman–Crippen LogP) is 20.3. The lowest BCUT2D eigenvalue weighted by Gasteiger charge is -2.27. The number of esters is 2. The summed E-state index contributed by atoms with van der Waals surface area (Å²) in [6, 6.07) is 0. The molecule has 420 valence electrons. The van der Waals surface area contributed by atoms with Crippen LogP contribution < -0.4 is 0 Å². The highest BCUT2D eigenvalue weighted by Gasteiger charge is 2.36. The van der Waals surface area contributed by atoms with Gasteiger partial charge in [0.05, 0.1) is 31.0 Å². The quantitative estimate of drug-likeness (QED) is 0.0358. The van der Waals surface area contributed by atoms with Crippen molar-refractivity contribution >= 4 is 11.9 Å². The molecule has 0 spiro atoms. The first-order valence-corrected chi connectivity index (χ1v) is 32.3. The van der Waals surface area contributed by atoms with Crippen LogP contribution in [0.1, 0.15) is 354 Å². The largest absolute Gasteiger partial charge is 0.465 e. The molecule has 0 bridgehead atoms. The summed E-state index contributed by atoms with van der Waals surface area (Å²) in [7, 11) is 0. The second-order valence-corrected chi connectivity index (χ2v) is 23.1. The molecule has 0 aromatic carbocycles. The Bertz CT molecular complexity index is 1120. The highest BCUT2D eigenvalue weighted by molar-refractivity contribution is 5.81. The molecule has 1 aliphatic rings. The maximum atomic E-state index is 12.5. The summed E-state index contributed by atoms with van der Waals surface area (Å²) in [6.07, 6.45) is 79.3. The number of allylic oxidation sites excluding steroid dienone is 1. The number of hydrogen-bond donors (Lipinski definition) is 2. The van der Waals surface area contributed by atoms with E-state index in [1.165, 1.54) is 327 Å². The smallest absolute Gasteiger partial charge is 0.313 e. The molecule has 0 radical (unpaired) electrons. The maximum absolute atomic E-state index is 12.5. The molecule has 6 heteroatoms. The van der Waals surface area contributed by atoms with Crippen molar-refractivity contribution in [2.75, 3.05) is 26.4 Å². The van der Waals surface area contributed by atoms with Crippen LogP contribution in [0, 0.1) is 11.3 Å². The highest BCUT2D eigenvalue weighted by atomic mass is 16.6. The lowest BCUT2D eigenvalue weighted by atomic mass is 9.92. The van der Waals surface area contributed by atoms with Gasteiger partial charge >= 0.3 is 11.9 Å². The predicted molar refractivity (Wildman–Crippen MR) is 306 cm³/mol. The molecular weight excluding hydrogens is 877 g/mol. The number of hydrogen-bond acceptors (Lipinski definition) is 6. The summed E-state index contributed by atoms with van der Waals surface area (Å²) in [6.45, 7) is 1.12. The van der Waals surface area contributed by atoms with E-state index in [1.807, 2.05) is 6.08 Å². The Labute approximate surface area is 443 Å². The molecule has 71 heavy (non-hydrogen) atoms. The van der Waals surface area contributed by atoms with Crippen molar-refractivity contribution in [3.63, 3.8) is 0 Å². The molecule has 0 saturated carbocycles. The topological polar surface area (TPSA) is 93.1 Å². The first kappa shape index (κ1) is 67.6. The van der Waals surface area contributed by atoms with E-state index in [-0.39, 0.29) is 19.6 Å². The Morgan fingerprint density at radius 2 is 0.592 bits per heavy atom. The monoisotopic (exact) mass is 1000 g/mol. The van der Waals surface area contributed by atoms with Crippen molar-refractivity contribution in [2.45, 2.75) is 354 Å². The van der Waals surface area contributed by atoms with Crippen LogP contribution in [0.25, 0.3) is 0 Å². The normalized spacial score (nSPS) is 15.3. The molecule has 0 aliphatic carbocycles. The van der Waals surface area contributed by atoms with Gasteiger partial charge in [-0.2, -0.15) is 0 Å². The Morgan fingerprint density at radius 1 is 0.366 bits per heavy atom. The fourth-order valence-electron chi connectivity index (χ4n) is 10.7. The number of unbranched alkanes of at least 4 members (excludes halogenated alkanes) is 52. The van der Waals surface area contributed by atoms with E-state index in [4.69, 9.17) is 9.47 Å². The standard InChI is InChI=1S/C65H124O6/c1-2-3-4-5-6-7-8-9-10-11-12-13-14-15-16-17-18-19-20-21-22-23-24-25-26-27-28-29-30-31-32-33-34-35-36-37-38-39-40-41-42-43-44-45-46-47-48-49-50-51-52-53-54-55-56-62-57-63(68)70-60-65(58-66,59-67)61-71-64(62)69/h55-56,62,66-67H,2-54,57-61H2,1H3/b56-55+. The van der Waals surface area contributed by atoms with E-state index in [0.717, 1.165) is 12.8 Å². The van der Waals surface area contributed by atoms with E-state index in [1.54, 1.807) is 6.08 Å². The summed E-state index contributed by atoms with van der Waals surface area (Å²) in [5.41, 5.74) is -1.15. The van der Waals surface area contributed by atoms with Crippen LogP contribution >= 0.6 is 0 Å². The average molecular weight is 1000 g/mol. The van der Waals surface area contributed by atoms with Crippen molar-refractivity contribution in [1.29, 1.82) is 0 Å². The minimum atomic E-state index is -1.15. The SMILES string of the molecule is CCCCCCCCCCCCCCCCCCCCCCCCCCCCCCCCCCCCCCCCCCCCCCCCCCCCCC/C=C/C1CC(=O)OCC(CO)(CO)COC1=O. The van der Waals surface area contributed by atoms with Gasteiger partial charge < -0.3 is 19.7 Å². The van der Waals surface area contributed by atoms with Crippen molar-refractivity contribution in [3.05, 3.63) is 12.2 Å². The van der Waals surface area contributed by atoms with Gasteiger partial charge in [-0.25, -0.2) is 0 Å². The second kappa shape index (κ2) is 54.8. The van der Waals surface area contributed by atoms with Crippen LogP contribution in [0.3, 0.4) is 0 Å². The van der Waals surface area contributed by atoms with Crippen molar-refractivity contribution < 1.29 is 29.3 Å². The van der Waals surface area contributed by atoms with E-state index >= 15 is 0 Å². The van der Waals surface area contributed by atoms with Crippen LogP contribution in [0.5, 0.6) is 0 Å². The van der Waals surface area contributed by atoms with Crippen molar-refractivity contribution in [3.8, 4) is 0 Å². The van der Waals surface area contributed by atoms with Crippen LogP contribution in [-0.4, -0.2) is 48.6 Å². The third-order valence-corrected chi connectivity index (χ3v) is 16.0. The number of aliphatic hydroxyl groups excluding tert-OH is 2. The molecule has 0 amide bonds. The van der Waals surface area contributed by atoms with E-state index < -0.39 is 36.5 Å². The molecule has 0 aromatic rings. The van der Waals surface area contributed by atoms with E-state index in [2.05, 4.69) is 6.92 Å². The molecular formula is C65H124O6. The number of carbonyl (C=O) groups excluding carboxylic acids is 2. The molecule has 1 fully saturated rings. The van der Waals surface area contributed by atoms with Gasteiger partial charge in [0.1, 0.15) is 13.2 Å².